The number of ether oxygens (including phenoxy) is 1. The number of nitrogens with one attached hydrogen (secondary N) is 1. The van der Waals surface area contributed by atoms with Crippen LogP contribution in [0.4, 0.5) is 0 Å². The van der Waals surface area contributed by atoms with E-state index in [1.807, 2.05) is 0 Å². The van der Waals surface area contributed by atoms with Crippen molar-refractivity contribution < 1.29 is 24.5 Å². The van der Waals surface area contributed by atoms with Crippen LogP contribution >= 0.6 is 0 Å². The van der Waals surface area contributed by atoms with Gasteiger partial charge in [0.05, 0.1) is 25.2 Å². The summed E-state index contributed by atoms with van der Waals surface area (Å²) < 4.78 is 5.95. The predicted octanol–water partition coefficient (Wildman–Crippen LogP) is 16.9. The summed E-state index contributed by atoms with van der Waals surface area (Å²) in [6.45, 7) is 6.51. The lowest BCUT2D eigenvalue weighted by molar-refractivity contribution is -0.151. The fourth-order valence-corrected chi connectivity index (χ4v) is 8.84. The fourth-order valence-electron chi connectivity index (χ4n) is 8.84. The number of carbonyl (C=O) groups is 2. The van der Waals surface area contributed by atoms with E-state index in [4.69, 9.17) is 4.74 Å². The van der Waals surface area contributed by atoms with Gasteiger partial charge in [0.25, 0.3) is 0 Å². The van der Waals surface area contributed by atoms with Crippen molar-refractivity contribution in [2.45, 2.75) is 328 Å². The van der Waals surface area contributed by atoms with Crippen LogP contribution in [-0.2, 0) is 14.3 Å². The molecule has 6 nitrogen and oxygen atoms in total. The number of unbranched alkanes of at least 4 members (excludes halogenated alkanes) is 37. The Morgan fingerprint density at radius 3 is 1.15 bits per heavy atom. The fraction of sp³-hybridized carbons (Fsp3) is 0.929. The molecule has 0 aromatic carbocycles. The van der Waals surface area contributed by atoms with Crippen molar-refractivity contribution in [3.63, 3.8) is 0 Å². The minimum Gasteiger partial charge on any atom is -0.462 e. The number of amides is 1. The van der Waals surface area contributed by atoms with Gasteiger partial charge in [-0.1, -0.05) is 258 Å². The van der Waals surface area contributed by atoms with Crippen molar-refractivity contribution in [1.29, 1.82) is 0 Å². The maximum atomic E-state index is 13.2. The molecular formula is C56H109NO5. The highest BCUT2D eigenvalue weighted by Crippen LogP contribution is 2.19. The third-order valence-corrected chi connectivity index (χ3v) is 13.1. The van der Waals surface area contributed by atoms with Gasteiger partial charge in [-0.2, -0.15) is 0 Å². The number of allylic oxidation sites excluding steroid dienone is 2. The van der Waals surface area contributed by atoms with Crippen LogP contribution in [0.3, 0.4) is 0 Å². The first-order chi connectivity index (χ1) is 30.5. The molecule has 0 saturated heterocycles. The number of aliphatic hydroxyl groups is 2. The van der Waals surface area contributed by atoms with Crippen molar-refractivity contribution >= 4 is 11.9 Å². The molecule has 0 saturated carbocycles. The monoisotopic (exact) mass is 876 g/mol. The van der Waals surface area contributed by atoms with E-state index in [9.17, 15) is 19.8 Å². The van der Waals surface area contributed by atoms with Gasteiger partial charge in [0, 0.05) is 6.42 Å². The first-order valence-corrected chi connectivity index (χ1v) is 27.9. The van der Waals surface area contributed by atoms with Gasteiger partial charge in [-0.05, 0) is 51.4 Å². The van der Waals surface area contributed by atoms with Crippen molar-refractivity contribution in [3.8, 4) is 0 Å². The Hall–Kier alpha value is -1.40. The smallest absolute Gasteiger partial charge is 0.306 e. The molecule has 3 unspecified atom stereocenters. The molecule has 0 aliphatic heterocycles. The van der Waals surface area contributed by atoms with Crippen LogP contribution in [-0.4, -0.2) is 46.9 Å². The predicted molar refractivity (Wildman–Crippen MR) is 269 cm³/mol. The number of rotatable bonds is 51. The molecule has 0 heterocycles. The van der Waals surface area contributed by atoms with E-state index >= 15 is 0 Å². The lowest BCUT2D eigenvalue weighted by atomic mass is 10.0. The van der Waals surface area contributed by atoms with Crippen LogP contribution in [0.25, 0.3) is 0 Å². The molecule has 0 rings (SSSR count). The van der Waals surface area contributed by atoms with Gasteiger partial charge >= 0.3 is 5.97 Å². The second-order valence-electron chi connectivity index (χ2n) is 19.3. The number of aliphatic hydroxyl groups excluding tert-OH is 2. The minimum atomic E-state index is -0.782. The molecule has 0 aliphatic rings. The highest BCUT2D eigenvalue weighted by Gasteiger charge is 2.24. The highest BCUT2D eigenvalue weighted by atomic mass is 16.5. The van der Waals surface area contributed by atoms with E-state index in [0.29, 0.717) is 19.3 Å². The molecule has 6 heteroatoms. The minimum absolute atomic E-state index is 0.0835. The Kier molecular flexibility index (Phi) is 49.5. The summed E-state index contributed by atoms with van der Waals surface area (Å²) in [5.41, 5.74) is 0. The summed E-state index contributed by atoms with van der Waals surface area (Å²) >= 11 is 0. The van der Waals surface area contributed by atoms with Crippen molar-refractivity contribution in [2.75, 3.05) is 6.61 Å². The van der Waals surface area contributed by atoms with Gasteiger partial charge in [0.15, 0.2) is 0 Å². The lowest BCUT2D eigenvalue weighted by Gasteiger charge is -2.24. The van der Waals surface area contributed by atoms with Gasteiger partial charge in [-0.15, -0.1) is 0 Å². The van der Waals surface area contributed by atoms with E-state index in [1.165, 1.54) is 218 Å². The van der Waals surface area contributed by atoms with E-state index in [2.05, 4.69) is 38.2 Å². The summed E-state index contributed by atoms with van der Waals surface area (Å²) in [5.74, 6) is -0.458. The second kappa shape index (κ2) is 50.6. The summed E-state index contributed by atoms with van der Waals surface area (Å²) in [6, 6.07) is -0.695. The van der Waals surface area contributed by atoms with E-state index in [1.54, 1.807) is 0 Å². The zero-order valence-electron chi connectivity index (χ0n) is 42.0. The van der Waals surface area contributed by atoms with Gasteiger partial charge in [0.1, 0.15) is 6.10 Å². The highest BCUT2D eigenvalue weighted by molar-refractivity contribution is 5.77. The molecule has 0 spiro atoms. The third-order valence-electron chi connectivity index (χ3n) is 13.1. The average Bonchev–Trinajstić information content (AvgIpc) is 3.26. The molecule has 1 amide bonds. The van der Waals surface area contributed by atoms with Crippen molar-refractivity contribution in [2.24, 2.45) is 0 Å². The molecule has 3 N–H and O–H groups in total. The molecule has 0 aliphatic carbocycles. The summed E-state index contributed by atoms with van der Waals surface area (Å²) in [5, 5.41) is 23.8. The van der Waals surface area contributed by atoms with Crippen molar-refractivity contribution in [1.82, 2.24) is 5.32 Å². The van der Waals surface area contributed by atoms with Crippen molar-refractivity contribution in [3.05, 3.63) is 12.2 Å². The molecule has 0 aromatic rings. The van der Waals surface area contributed by atoms with Crippen LogP contribution in [0.1, 0.15) is 310 Å². The second-order valence-corrected chi connectivity index (χ2v) is 19.3. The normalized spacial score (nSPS) is 13.2. The van der Waals surface area contributed by atoms with Gasteiger partial charge in [0.2, 0.25) is 5.91 Å². The first kappa shape index (κ1) is 60.6. The Balaban J connectivity index is 4.50. The topological polar surface area (TPSA) is 95.9 Å². The molecule has 0 bridgehead atoms. The van der Waals surface area contributed by atoms with Gasteiger partial charge in [-0.25, -0.2) is 0 Å². The maximum Gasteiger partial charge on any atom is 0.306 e. The zero-order chi connectivity index (χ0) is 45.2. The molecule has 0 radical (unpaired) electrons. The number of hydrogen-bond acceptors (Lipinski definition) is 5. The van der Waals surface area contributed by atoms with E-state index < -0.39 is 18.2 Å². The van der Waals surface area contributed by atoms with E-state index in [0.717, 1.165) is 44.9 Å². The summed E-state index contributed by atoms with van der Waals surface area (Å²) in [6.07, 6.45) is 57.0. The van der Waals surface area contributed by atoms with Crippen LogP contribution in [0.2, 0.25) is 0 Å². The van der Waals surface area contributed by atoms with Crippen LogP contribution < -0.4 is 5.32 Å². The molecule has 368 valence electrons. The average molecular weight is 876 g/mol. The quantitative estimate of drug-likeness (QED) is 0.0321. The molecule has 0 aromatic heterocycles. The Morgan fingerprint density at radius 2 is 0.774 bits per heavy atom. The number of esters is 1. The van der Waals surface area contributed by atoms with Gasteiger partial charge < -0.3 is 20.3 Å². The van der Waals surface area contributed by atoms with E-state index in [-0.39, 0.29) is 24.9 Å². The SMILES string of the molecule is CCCCCCCC/C=C/CCCCCCCCCC(=O)OC(CCCCCCCCCCCCCCC)CC(=O)NC(CO)C(O)CCCCCCCCCCCCCCC. The molecule has 0 fully saturated rings. The maximum absolute atomic E-state index is 13.2. The third kappa shape index (κ3) is 45.2. The molecular weight excluding hydrogens is 767 g/mol. The van der Waals surface area contributed by atoms with Crippen LogP contribution in [0.5, 0.6) is 0 Å². The largest absolute Gasteiger partial charge is 0.462 e. The number of carbonyl (C=O) groups excluding carboxylic acids is 2. The lowest BCUT2D eigenvalue weighted by Crippen LogP contribution is -2.46. The summed E-state index contributed by atoms with van der Waals surface area (Å²) in [4.78, 5) is 26.2. The Bertz CT molecular complexity index is 939. The Labute approximate surface area is 387 Å². The number of hydrogen-bond donors (Lipinski definition) is 3. The van der Waals surface area contributed by atoms with Gasteiger partial charge in [-0.3, -0.25) is 9.59 Å². The van der Waals surface area contributed by atoms with Crippen LogP contribution in [0.15, 0.2) is 12.2 Å². The summed E-state index contributed by atoms with van der Waals surface area (Å²) in [7, 11) is 0. The first-order valence-electron chi connectivity index (χ1n) is 27.9. The molecule has 3 atom stereocenters. The van der Waals surface area contributed by atoms with Crippen LogP contribution in [0, 0.1) is 0 Å². The standard InChI is InChI=1S/C56H109NO5/c1-4-7-10-13-16-19-22-25-26-27-28-31-34-37-40-43-46-49-56(61)62-52(47-44-41-38-35-32-29-23-20-17-14-11-8-5-2)50-55(60)57-53(51-58)54(59)48-45-42-39-36-33-30-24-21-18-15-12-9-6-3/h25-26,52-54,58-59H,4-24,27-51H2,1-3H3,(H,57,60)/b26-25+. The molecule has 62 heavy (non-hydrogen) atoms. The zero-order valence-corrected chi connectivity index (χ0v) is 42.0. The Morgan fingerprint density at radius 1 is 0.452 bits per heavy atom.